The lowest BCUT2D eigenvalue weighted by atomic mass is 9.78. The highest BCUT2D eigenvalue weighted by molar-refractivity contribution is 5.77. The fourth-order valence-electron chi connectivity index (χ4n) is 6.23. The lowest BCUT2D eigenvalue weighted by Gasteiger charge is -2.36. The van der Waals surface area contributed by atoms with Gasteiger partial charge in [0.2, 0.25) is 5.95 Å². The number of nitrogen functional groups attached to an aromatic ring is 1. The first kappa shape index (κ1) is 18.0. The van der Waals surface area contributed by atoms with Crippen molar-refractivity contribution in [3.8, 4) is 0 Å². The van der Waals surface area contributed by atoms with E-state index in [4.69, 9.17) is 20.4 Å². The third-order valence-electron chi connectivity index (χ3n) is 7.95. The molecule has 5 aliphatic rings. The van der Waals surface area contributed by atoms with Gasteiger partial charge in [-0.15, -0.1) is 0 Å². The Hall–Kier alpha value is -1.82. The summed E-state index contributed by atoms with van der Waals surface area (Å²) in [4.78, 5) is 14.8. The van der Waals surface area contributed by atoms with Crippen molar-refractivity contribution in [2.75, 3.05) is 36.8 Å². The van der Waals surface area contributed by atoms with E-state index in [1.54, 1.807) is 0 Å². The number of hydrogen-bond acceptors (Lipinski definition) is 6. The minimum atomic E-state index is 0.369. The van der Waals surface area contributed by atoms with Crippen molar-refractivity contribution in [3.63, 3.8) is 0 Å². The topological polar surface area (TPSA) is 67.5 Å². The molecule has 3 heterocycles. The van der Waals surface area contributed by atoms with E-state index in [1.807, 2.05) is 0 Å². The van der Waals surface area contributed by atoms with Crippen LogP contribution in [0.3, 0.4) is 0 Å². The normalized spacial score (nSPS) is 30.1. The number of anilines is 2. The van der Waals surface area contributed by atoms with Crippen LogP contribution in [0.2, 0.25) is 0 Å². The molecule has 2 atom stereocenters. The van der Waals surface area contributed by atoms with Gasteiger partial charge < -0.3 is 15.4 Å². The lowest BCUT2D eigenvalue weighted by Crippen LogP contribution is -2.42. The molecule has 6 rings (SSSR count). The van der Waals surface area contributed by atoms with Crippen LogP contribution in [0.4, 0.5) is 11.8 Å². The Morgan fingerprint density at radius 3 is 2.62 bits per heavy atom. The number of aromatic nitrogens is 2. The van der Waals surface area contributed by atoms with Crippen LogP contribution in [-0.4, -0.2) is 53.2 Å². The Kier molecular flexibility index (Phi) is 4.44. The van der Waals surface area contributed by atoms with Crippen LogP contribution < -0.4 is 10.6 Å². The van der Waals surface area contributed by atoms with Crippen molar-refractivity contribution in [2.45, 2.75) is 76.4 Å². The summed E-state index contributed by atoms with van der Waals surface area (Å²) in [5.74, 6) is 3.24. The summed E-state index contributed by atoms with van der Waals surface area (Å²) in [6, 6.07) is 0.825. The van der Waals surface area contributed by atoms with Crippen LogP contribution in [-0.2, 0) is 11.2 Å². The zero-order valence-corrected chi connectivity index (χ0v) is 17.4. The molecule has 1 aromatic rings. The van der Waals surface area contributed by atoms with Gasteiger partial charge in [-0.2, -0.15) is 4.98 Å². The molecule has 6 heteroatoms. The molecule has 2 saturated carbocycles. The summed E-state index contributed by atoms with van der Waals surface area (Å²) >= 11 is 0. The molecule has 2 aliphatic heterocycles. The van der Waals surface area contributed by atoms with Crippen molar-refractivity contribution in [2.24, 2.45) is 5.92 Å². The smallest absolute Gasteiger partial charge is 0.222 e. The fraction of sp³-hybridized carbons (Fsp3) is 0.739. The Balaban J connectivity index is 1.32. The second kappa shape index (κ2) is 7.15. The van der Waals surface area contributed by atoms with Crippen molar-refractivity contribution >= 4 is 17.3 Å². The summed E-state index contributed by atoms with van der Waals surface area (Å²) in [6.07, 6.45) is 12.7. The zero-order valence-electron chi connectivity index (χ0n) is 17.4. The van der Waals surface area contributed by atoms with E-state index in [-0.39, 0.29) is 0 Å². The molecule has 0 bridgehead atoms. The van der Waals surface area contributed by atoms with Crippen molar-refractivity contribution < 1.29 is 4.74 Å². The molecule has 6 nitrogen and oxygen atoms in total. The molecule has 0 spiro atoms. The third-order valence-corrected chi connectivity index (χ3v) is 7.95. The van der Waals surface area contributed by atoms with Crippen LogP contribution in [0.25, 0.3) is 5.57 Å². The molecule has 29 heavy (non-hydrogen) atoms. The summed E-state index contributed by atoms with van der Waals surface area (Å²) in [6.45, 7) is 4.48. The SMILES string of the molecule is Nc1nc2c(c(N3CCCN(C4CCC4)CC3)n1)CCC1=C2C2CCCCC2O1. The first-order chi connectivity index (χ1) is 14.3. The first-order valence-corrected chi connectivity index (χ1v) is 11.8. The molecular formula is C23H33N5O. The van der Waals surface area contributed by atoms with Crippen LogP contribution in [0.5, 0.6) is 0 Å². The Morgan fingerprint density at radius 1 is 0.862 bits per heavy atom. The number of rotatable bonds is 2. The molecule has 1 aromatic heterocycles. The standard InChI is InChI=1S/C23H33N5O/c24-23-25-21-17(9-10-19-20(21)16-7-1-2-8-18(16)29-19)22(26-23)28-12-4-11-27(13-14-28)15-5-3-6-15/h15-16,18H,1-14H2,(H2,24,25,26). The van der Waals surface area contributed by atoms with E-state index in [2.05, 4.69) is 9.80 Å². The Labute approximate surface area is 173 Å². The minimum absolute atomic E-state index is 0.369. The average molecular weight is 396 g/mol. The Bertz CT molecular complexity index is 833. The second-order valence-corrected chi connectivity index (χ2v) is 9.58. The highest BCUT2D eigenvalue weighted by Crippen LogP contribution is 2.50. The maximum Gasteiger partial charge on any atom is 0.222 e. The summed E-state index contributed by atoms with van der Waals surface area (Å²) in [5, 5.41) is 0. The van der Waals surface area contributed by atoms with Gasteiger partial charge in [-0.05, 0) is 44.9 Å². The highest BCUT2D eigenvalue weighted by Gasteiger charge is 2.42. The van der Waals surface area contributed by atoms with Gasteiger partial charge >= 0.3 is 0 Å². The van der Waals surface area contributed by atoms with Crippen molar-refractivity contribution in [1.82, 2.24) is 14.9 Å². The van der Waals surface area contributed by atoms with Gasteiger partial charge in [0.05, 0.1) is 5.69 Å². The monoisotopic (exact) mass is 395 g/mol. The van der Waals surface area contributed by atoms with Gasteiger partial charge in [0.1, 0.15) is 17.7 Å². The van der Waals surface area contributed by atoms with Crippen LogP contribution in [0.15, 0.2) is 5.76 Å². The molecule has 0 amide bonds. The van der Waals surface area contributed by atoms with E-state index >= 15 is 0 Å². The van der Waals surface area contributed by atoms with Crippen molar-refractivity contribution in [3.05, 3.63) is 17.0 Å². The summed E-state index contributed by atoms with van der Waals surface area (Å²) < 4.78 is 6.39. The van der Waals surface area contributed by atoms with Crippen LogP contribution in [0.1, 0.15) is 69.0 Å². The summed E-state index contributed by atoms with van der Waals surface area (Å²) in [7, 11) is 0. The molecule has 1 saturated heterocycles. The molecule has 3 fully saturated rings. The number of ether oxygens (including phenoxy) is 1. The van der Waals surface area contributed by atoms with Gasteiger partial charge in [0, 0.05) is 55.7 Å². The third kappa shape index (κ3) is 3.02. The Morgan fingerprint density at radius 2 is 1.76 bits per heavy atom. The largest absolute Gasteiger partial charge is 0.494 e. The molecule has 0 aromatic carbocycles. The molecular weight excluding hydrogens is 362 g/mol. The quantitative estimate of drug-likeness (QED) is 0.828. The molecule has 2 N–H and O–H groups in total. The second-order valence-electron chi connectivity index (χ2n) is 9.58. The van der Waals surface area contributed by atoms with E-state index in [0.29, 0.717) is 18.0 Å². The van der Waals surface area contributed by atoms with Crippen molar-refractivity contribution in [1.29, 1.82) is 0 Å². The van der Waals surface area contributed by atoms with E-state index in [9.17, 15) is 0 Å². The van der Waals surface area contributed by atoms with Gasteiger partial charge in [-0.1, -0.05) is 12.8 Å². The van der Waals surface area contributed by atoms with E-state index in [1.165, 1.54) is 74.8 Å². The van der Waals surface area contributed by atoms with Crippen LogP contribution in [0, 0.1) is 5.92 Å². The maximum atomic E-state index is 6.39. The molecule has 3 aliphatic carbocycles. The first-order valence-electron chi connectivity index (χ1n) is 11.8. The number of nitrogens with zero attached hydrogens (tertiary/aromatic N) is 4. The molecule has 156 valence electrons. The summed E-state index contributed by atoms with van der Waals surface area (Å²) in [5.41, 5.74) is 10.1. The van der Waals surface area contributed by atoms with E-state index < -0.39 is 0 Å². The average Bonchev–Trinajstić information content (AvgIpc) is 2.91. The van der Waals surface area contributed by atoms with Gasteiger partial charge in [0.15, 0.2) is 0 Å². The molecule has 0 radical (unpaired) electrons. The van der Waals surface area contributed by atoms with Crippen LogP contribution >= 0.6 is 0 Å². The number of nitrogens with two attached hydrogens (primary N) is 1. The van der Waals surface area contributed by atoms with E-state index in [0.717, 1.165) is 50.0 Å². The zero-order chi connectivity index (χ0) is 19.4. The number of hydrogen-bond donors (Lipinski definition) is 1. The predicted molar refractivity (Wildman–Crippen MR) is 115 cm³/mol. The van der Waals surface area contributed by atoms with Gasteiger partial charge in [-0.3, -0.25) is 4.90 Å². The highest BCUT2D eigenvalue weighted by atomic mass is 16.5. The number of allylic oxidation sites excluding steroid dienone is 1. The number of fused-ring (bicyclic) bond motifs is 4. The maximum absolute atomic E-state index is 6.39. The van der Waals surface area contributed by atoms with Gasteiger partial charge in [0.25, 0.3) is 0 Å². The molecule has 2 unspecified atom stereocenters. The minimum Gasteiger partial charge on any atom is -0.494 e. The predicted octanol–water partition coefficient (Wildman–Crippen LogP) is 3.37. The lowest BCUT2D eigenvalue weighted by molar-refractivity contribution is 0.0793. The van der Waals surface area contributed by atoms with Gasteiger partial charge in [-0.25, -0.2) is 4.98 Å². The fourth-order valence-corrected chi connectivity index (χ4v) is 6.23.